The van der Waals surface area contributed by atoms with Gasteiger partial charge in [-0.25, -0.2) is 13.6 Å². The van der Waals surface area contributed by atoms with Crippen LogP contribution in [0.5, 0.6) is 5.75 Å². The van der Waals surface area contributed by atoms with Crippen molar-refractivity contribution in [2.45, 2.75) is 31.6 Å². The van der Waals surface area contributed by atoms with E-state index in [0.717, 1.165) is 5.56 Å². The molecular formula is C11H17NO3S. The van der Waals surface area contributed by atoms with Gasteiger partial charge in [-0.1, -0.05) is 13.8 Å². The molecule has 0 radical (unpaired) electrons. The Hall–Kier alpha value is -1.07. The molecule has 1 aromatic rings. The highest BCUT2D eigenvalue weighted by molar-refractivity contribution is 7.89. The van der Waals surface area contributed by atoms with Gasteiger partial charge in [0.05, 0.1) is 11.5 Å². The highest BCUT2D eigenvalue weighted by atomic mass is 32.2. The summed E-state index contributed by atoms with van der Waals surface area (Å²) in [6.07, 6.45) is 0. The molecule has 0 saturated heterocycles. The molecule has 0 aromatic heterocycles. The largest absolute Gasteiger partial charge is 0.494 e. The van der Waals surface area contributed by atoms with Crippen LogP contribution in [0.4, 0.5) is 0 Å². The first kappa shape index (κ1) is 13.0. The first-order valence-electron chi connectivity index (χ1n) is 5.15. The van der Waals surface area contributed by atoms with E-state index in [4.69, 9.17) is 9.88 Å². The van der Waals surface area contributed by atoms with Gasteiger partial charge in [-0.05, 0) is 36.6 Å². The lowest BCUT2D eigenvalue weighted by atomic mass is 10.0. The Bertz CT molecular complexity index is 466. The second-order valence-electron chi connectivity index (χ2n) is 3.83. The van der Waals surface area contributed by atoms with Crippen LogP contribution in [-0.2, 0) is 10.0 Å². The van der Waals surface area contributed by atoms with Gasteiger partial charge in [0.1, 0.15) is 5.75 Å². The van der Waals surface area contributed by atoms with Crippen LogP contribution in [0.25, 0.3) is 0 Å². The van der Waals surface area contributed by atoms with E-state index in [-0.39, 0.29) is 10.8 Å². The molecule has 0 spiro atoms. The Morgan fingerprint density at radius 3 is 2.44 bits per heavy atom. The van der Waals surface area contributed by atoms with Crippen LogP contribution in [-0.4, -0.2) is 15.0 Å². The number of sulfonamides is 1. The molecular weight excluding hydrogens is 226 g/mol. The maximum absolute atomic E-state index is 11.2. The van der Waals surface area contributed by atoms with Crippen LogP contribution < -0.4 is 9.88 Å². The van der Waals surface area contributed by atoms with Gasteiger partial charge < -0.3 is 4.74 Å². The fourth-order valence-corrected chi connectivity index (χ4v) is 1.99. The summed E-state index contributed by atoms with van der Waals surface area (Å²) in [6, 6.07) is 4.69. The van der Waals surface area contributed by atoms with Crippen LogP contribution in [0.15, 0.2) is 23.1 Å². The van der Waals surface area contributed by atoms with E-state index in [2.05, 4.69) is 0 Å². The Labute approximate surface area is 96.5 Å². The van der Waals surface area contributed by atoms with Crippen molar-refractivity contribution in [3.8, 4) is 5.75 Å². The summed E-state index contributed by atoms with van der Waals surface area (Å²) in [7, 11) is -3.65. The van der Waals surface area contributed by atoms with Gasteiger partial charge in [0.2, 0.25) is 10.0 Å². The fraction of sp³-hybridized carbons (Fsp3) is 0.455. The van der Waals surface area contributed by atoms with Crippen molar-refractivity contribution in [1.29, 1.82) is 0 Å². The zero-order valence-corrected chi connectivity index (χ0v) is 10.5. The number of hydrogen-bond donors (Lipinski definition) is 1. The summed E-state index contributed by atoms with van der Waals surface area (Å²) in [5, 5.41) is 5.08. The summed E-state index contributed by atoms with van der Waals surface area (Å²) >= 11 is 0. The third-order valence-corrected chi connectivity index (χ3v) is 3.14. The van der Waals surface area contributed by atoms with Crippen molar-refractivity contribution < 1.29 is 13.2 Å². The van der Waals surface area contributed by atoms with Crippen LogP contribution in [0, 0.1) is 0 Å². The first-order chi connectivity index (χ1) is 7.36. The summed E-state index contributed by atoms with van der Waals surface area (Å²) < 4.78 is 27.9. The van der Waals surface area contributed by atoms with E-state index < -0.39 is 10.0 Å². The van der Waals surface area contributed by atoms with E-state index in [0.29, 0.717) is 12.4 Å². The normalized spacial score (nSPS) is 11.8. The molecule has 0 bridgehead atoms. The number of nitrogens with two attached hydrogens (primary N) is 1. The monoisotopic (exact) mass is 243 g/mol. The zero-order chi connectivity index (χ0) is 12.3. The zero-order valence-electron chi connectivity index (χ0n) is 9.73. The van der Waals surface area contributed by atoms with Crippen molar-refractivity contribution in [3.63, 3.8) is 0 Å². The van der Waals surface area contributed by atoms with Crippen molar-refractivity contribution in [2.24, 2.45) is 5.14 Å². The van der Waals surface area contributed by atoms with E-state index >= 15 is 0 Å². The molecule has 0 aliphatic heterocycles. The number of hydrogen-bond acceptors (Lipinski definition) is 3. The van der Waals surface area contributed by atoms with Gasteiger partial charge >= 0.3 is 0 Å². The maximum atomic E-state index is 11.2. The van der Waals surface area contributed by atoms with E-state index in [9.17, 15) is 8.42 Å². The van der Waals surface area contributed by atoms with Gasteiger partial charge in [-0.15, -0.1) is 0 Å². The SMILES string of the molecule is CCOc1ccc(S(N)(=O)=O)cc1C(C)C. The third-order valence-electron chi connectivity index (χ3n) is 2.23. The molecule has 0 fully saturated rings. The highest BCUT2D eigenvalue weighted by Gasteiger charge is 2.14. The molecule has 4 nitrogen and oxygen atoms in total. The lowest BCUT2D eigenvalue weighted by Gasteiger charge is -2.14. The second-order valence-corrected chi connectivity index (χ2v) is 5.39. The Balaban J connectivity index is 3.28. The van der Waals surface area contributed by atoms with Crippen molar-refractivity contribution in [3.05, 3.63) is 23.8 Å². The van der Waals surface area contributed by atoms with Crippen LogP contribution in [0.1, 0.15) is 32.3 Å². The highest BCUT2D eigenvalue weighted by Crippen LogP contribution is 2.28. The smallest absolute Gasteiger partial charge is 0.238 e. The minimum Gasteiger partial charge on any atom is -0.494 e. The second kappa shape index (κ2) is 4.84. The number of rotatable bonds is 4. The molecule has 0 amide bonds. The molecule has 1 rings (SSSR count). The van der Waals surface area contributed by atoms with Crippen LogP contribution in [0.3, 0.4) is 0 Å². The molecule has 5 heteroatoms. The maximum Gasteiger partial charge on any atom is 0.238 e. The van der Waals surface area contributed by atoms with Crippen molar-refractivity contribution in [1.82, 2.24) is 0 Å². The van der Waals surface area contributed by atoms with Crippen molar-refractivity contribution in [2.75, 3.05) is 6.61 Å². The predicted molar refractivity (Wildman–Crippen MR) is 63.1 cm³/mol. The molecule has 1 aromatic carbocycles. The molecule has 0 unspecified atom stereocenters. The molecule has 2 N–H and O–H groups in total. The van der Waals surface area contributed by atoms with Gasteiger partial charge in [0.15, 0.2) is 0 Å². The average molecular weight is 243 g/mol. The van der Waals surface area contributed by atoms with E-state index in [1.54, 1.807) is 12.1 Å². The molecule has 0 heterocycles. The topological polar surface area (TPSA) is 69.4 Å². The molecule has 90 valence electrons. The van der Waals surface area contributed by atoms with Gasteiger partial charge in [0.25, 0.3) is 0 Å². The minimum absolute atomic E-state index is 0.125. The van der Waals surface area contributed by atoms with E-state index in [1.807, 2.05) is 20.8 Å². The van der Waals surface area contributed by atoms with Crippen molar-refractivity contribution >= 4 is 10.0 Å². The van der Waals surface area contributed by atoms with Gasteiger partial charge in [0, 0.05) is 0 Å². The Kier molecular flexibility index (Phi) is 3.93. The van der Waals surface area contributed by atoms with Crippen LogP contribution in [0.2, 0.25) is 0 Å². The molecule has 0 aliphatic carbocycles. The summed E-state index contributed by atoms with van der Waals surface area (Å²) in [5.74, 6) is 0.896. The van der Waals surface area contributed by atoms with Crippen LogP contribution >= 0.6 is 0 Å². The third kappa shape index (κ3) is 2.96. The molecule has 0 aliphatic rings. The number of ether oxygens (including phenoxy) is 1. The first-order valence-corrected chi connectivity index (χ1v) is 6.70. The fourth-order valence-electron chi connectivity index (χ4n) is 1.44. The van der Waals surface area contributed by atoms with E-state index in [1.165, 1.54) is 6.07 Å². The Morgan fingerprint density at radius 2 is 2.00 bits per heavy atom. The lowest BCUT2D eigenvalue weighted by Crippen LogP contribution is -2.13. The molecule has 0 saturated carbocycles. The molecule has 0 atom stereocenters. The predicted octanol–water partition coefficient (Wildman–Crippen LogP) is 1.86. The molecule has 16 heavy (non-hydrogen) atoms. The Morgan fingerprint density at radius 1 is 1.38 bits per heavy atom. The van der Waals surface area contributed by atoms with Gasteiger partial charge in [-0.2, -0.15) is 0 Å². The summed E-state index contributed by atoms with van der Waals surface area (Å²) in [5.41, 5.74) is 0.855. The van der Waals surface area contributed by atoms with Gasteiger partial charge in [-0.3, -0.25) is 0 Å². The average Bonchev–Trinajstić information content (AvgIpc) is 2.16. The quantitative estimate of drug-likeness (QED) is 0.877. The number of benzene rings is 1. The summed E-state index contributed by atoms with van der Waals surface area (Å²) in [6.45, 7) is 6.39. The number of primary sulfonamides is 1. The lowest BCUT2D eigenvalue weighted by molar-refractivity contribution is 0.335. The summed E-state index contributed by atoms with van der Waals surface area (Å²) in [4.78, 5) is 0.125. The minimum atomic E-state index is -3.65. The standard InChI is InChI=1S/C11H17NO3S/c1-4-15-11-6-5-9(16(12,13)14)7-10(11)8(2)3/h5-8H,4H2,1-3H3,(H2,12,13,14).